The second kappa shape index (κ2) is 8.53. The zero-order valence-corrected chi connectivity index (χ0v) is 19.2. The first kappa shape index (κ1) is 22.3. The summed E-state index contributed by atoms with van der Waals surface area (Å²) >= 11 is 5.92. The van der Waals surface area contributed by atoms with Gasteiger partial charge >= 0.3 is 0 Å². The quantitative estimate of drug-likeness (QED) is 0.487. The van der Waals surface area contributed by atoms with Gasteiger partial charge in [-0.3, -0.25) is 9.59 Å². The van der Waals surface area contributed by atoms with Crippen molar-refractivity contribution in [2.24, 2.45) is 0 Å². The Balaban J connectivity index is 1.69. The number of aliphatic hydroxyl groups is 1. The Kier molecular flexibility index (Phi) is 5.93. The van der Waals surface area contributed by atoms with Crippen molar-refractivity contribution in [3.63, 3.8) is 0 Å². The Hall–Kier alpha value is -2.95. The van der Waals surface area contributed by atoms with Crippen LogP contribution in [0.4, 0.5) is 5.69 Å². The molecule has 0 aromatic heterocycles. The second-order valence-electron chi connectivity index (χ2n) is 8.72. The molecule has 5 heteroatoms. The fourth-order valence-corrected chi connectivity index (χ4v) is 4.32. The highest BCUT2D eigenvalue weighted by atomic mass is 35.5. The van der Waals surface area contributed by atoms with E-state index in [1.165, 1.54) is 5.56 Å². The third kappa shape index (κ3) is 3.96. The summed E-state index contributed by atoms with van der Waals surface area (Å²) < 4.78 is 0. The number of fused-ring (bicyclic) bond motifs is 1. The van der Waals surface area contributed by atoms with Gasteiger partial charge in [-0.25, -0.2) is 0 Å². The highest BCUT2D eigenvalue weighted by Crippen LogP contribution is 2.43. The number of hydrogen-bond acceptors (Lipinski definition) is 3. The number of Topliss-reactive ketones (excluding diaryl/α,β-unsaturated/α-hetero) is 1. The van der Waals surface area contributed by atoms with Gasteiger partial charge < -0.3 is 10.0 Å². The molecule has 0 aliphatic carbocycles. The van der Waals surface area contributed by atoms with E-state index in [0.717, 1.165) is 11.1 Å². The zero-order chi connectivity index (χ0) is 23.0. The summed E-state index contributed by atoms with van der Waals surface area (Å²) in [6.07, 6.45) is -0.327. The fraction of sp³-hybridized carbons (Fsp3) is 0.259. The average molecular weight is 448 g/mol. The molecule has 0 saturated heterocycles. The molecule has 0 fully saturated rings. The Labute approximate surface area is 193 Å². The molecule has 0 radical (unpaired) electrons. The van der Waals surface area contributed by atoms with Gasteiger partial charge in [-0.2, -0.15) is 0 Å². The molecule has 1 heterocycles. The van der Waals surface area contributed by atoms with Crippen molar-refractivity contribution in [2.45, 2.75) is 45.3 Å². The summed E-state index contributed by atoms with van der Waals surface area (Å²) in [5.41, 5.74) is 2.89. The van der Waals surface area contributed by atoms with E-state index >= 15 is 0 Å². The van der Waals surface area contributed by atoms with Gasteiger partial charge in [0.2, 0.25) is 0 Å². The highest BCUT2D eigenvalue weighted by molar-refractivity contribution is 6.30. The minimum Gasteiger partial charge on any atom is -0.375 e. The monoisotopic (exact) mass is 447 g/mol. The minimum absolute atomic E-state index is 0.313. The van der Waals surface area contributed by atoms with Crippen molar-refractivity contribution >= 4 is 29.0 Å². The lowest BCUT2D eigenvalue weighted by Crippen LogP contribution is -2.41. The van der Waals surface area contributed by atoms with Gasteiger partial charge in [0.1, 0.15) is 0 Å². The van der Waals surface area contributed by atoms with Gasteiger partial charge in [-0.15, -0.1) is 0 Å². The zero-order valence-electron chi connectivity index (χ0n) is 18.4. The van der Waals surface area contributed by atoms with E-state index in [-0.39, 0.29) is 12.2 Å². The van der Waals surface area contributed by atoms with E-state index in [4.69, 9.17) is 11.6 Å². The number of nitrogens with zero attached hydrogens (tertiary/aromatic N) is 1. The molecule has 1 amide bonds. The number of anilines is 1. The lowest BCUT2D eigenvalue weighted by Gasteiger charge is -2.24. The molecule has 1 N–H and O–H groups in total. The van der Waals surface area contributed by atoms with Crippen LogP contribution in [-0.4, -0.2) is 16.8 Å². The molecule has 1 aliphatic heterocycles. The number of benzene rings is 3. The number of rotatable bonds is 6. The molecule has 4 rings (SSSR count). The van der Waals surface area contributed by atoms with Crippen LogP contribution in [0.2, 0.25) is 5.02 Å². The first-order chi connectivity index (χ1) is 15.2. The first-order valence-electron chi connectivity index (χ1n) is 10.7. The Morgan fingerprint density at radius 3 is 2.44 bits per heavy atom. The summed E-state index contributed by atoms with van der Waals surface area (Å²) in [6, 6.07) is 19.9. The molecule has 0 unspecified atom stereocenters. The lowest BCUT2D eigenvalue weighted by atomic mass is 9.88. The van der Waals surface area contributed by atoms with Gasteiger partial charge in [0.25, 0.3) is 5.91 Å². The van der Waals surface area contributed by atoms with Gasteiger partial charge in [0.05, 0.1) is 18.7 Å². The molecular weight excluding hydrogens is 422 g/mol. The summed E-state index contributed by atoms with van der Waals surface area (Å²) in [7, 11) is 0. The fourth-order valence-electron chi connectivity index (χ4n) is 4.20. The SMILES string of the molecule is Cc1ccc(C(C)C)cc1CN1C(=O)[C@](O)(CC(=O)c2ccc(Cl)cc2)c2ccccc21. The van der Waals surface area contributed by atoms with Crippen LogP contribution in [0.15, 0.2) is 66.7 Å². The van der Waals surface area contributed by atoms with E-state index in [1.807, 2.05) is 19.1 Å². The van der Waals surface area contributed by atoms with Crippen LogP contribution in [0, 0.1) is 6.92 Å². The van der Waals surface area contributed by atoms with Gasteiger partial charge in [-0.05, 0) is 59.9 Å². The van der Waals surface area contributed by atoms with Crippen LogP contribution < -0.4 is 4.90 Å². The van der Waals surface area contributed by atoms with E-state index in [2.05, 4.69) is 32.0 Å². The normalized spacial score (nSPS) is 17.7. The Morgan fingerprint density at radius 1 is 1.06 bits per heavy atom. The molecule has 0 bridgehead atoms. The molecule has 0 spiro atoms. The predicted molar refractivity (Wildman–Crippen MR) is 127 cm³/mol. The molecule has 1 atom stereocenters. The van der Waals surface area contributed by atoms with Crippen molar-refractivity contribution in [3.05, 3.63) is 99.6 Å². The van der Waals surface area contributed by atoms with Crippen LogP contribution in [0.3, 0.4) is 0 Å². The molecule has 1 aliphatic rings. The minimum atomic E-state index is -1.91. The maximum Gasteiger partial charge on any atom is 0.264 e. The number of halogens is 1. The Bertz CT molecular complexity index is 1190. The molecule has 32 heavy (non-hydrogen) atoms. The smallest absolute Gasteiger partial charge is 0.264 e. The van der Waals surface area contributed by atoms with Crippen molar-refractivity contribution in [2.75, 3.05) is 4.90 Å². The molecular formula is C27H26ClNO3. The summed E-state index contributed by atoms with van der Waals surface area (Å²) in [4.78, 5) is 28.1. The Morgan fingerprint density at radius 2 is 1.75 bits per heavy atom. The molecule has 164 valence electrons. The topological polar surface area (TPSA) is 57.6 Å². The third-order valence-electron chi connectivity index (χ3n) is 6.19. The van der Waals surface area contributed by atoms with Crippen molar-refractivity contribution in [3.8, 4) is 0 Å². The number of amides is 1. The summed E-state index contributed by atoms with van der Waals surface area (Å²) in [5, 5.41) is 12.0. The van der Waals surface area contributed by atoms with Gasteiger partial charge in [-0.1, -0.05) is 61.8 Å². The number of hydrogen-bond donors (Lipinski definition) is 1. The number of carbonyl (C=O) groups is 2. The number of carbonyl (C=O) groups excluding carboxylic acids is 2. The van der Waals surface area contributed by atoms with Crippen LogP contribution in [-0.2, 0) is 16.9 Å². The molecule has 3 aromatic rings. The maximum absolute atomic E-state index is 13.5. The van der Waals surface area contributed by atoms with Crippen molar-refractivity contribution in [1.82, 2.24) is 0 Å². The van der Waals surface area contributed by atoms with Gasteiger partial charge in [0, 0.05) is 16.1 Å². The summed E-state index contributed by atoms with van der Waals surface area (Å²) in [6.45, 7) is 6.61. The lowest BCUT2D eigenvalue weighted by molar-refractivity contribution is -0.136. The number of aryl methyl sites for hydroxylation is 1. The molecule has 0 saturated carbocycles. The predicted octanol–water partition coefficient (Wildman–Crippen LogP) is 5.78. The molecule has 3 aromatic carbocycles. The van der Waals surface area contributed by atoms with Crippen LogP contribution in [0.1, 0.15) is 58.8 Å². The van der Waals surface area contributed by atoms with Crippen LogP contribution in [0.5, 0.6) is 0 Å². The van der Waals surface area contributed by atoms with Crippen LogP contribution >= 0.6 is 11.6 Å². The standard InChI is InChI=1S/C27H26ClNO3/c1-17(2)20-9-8-18(3)21(14-20)16-29-24-7-5-4-6-23(24)27(32,26(29)31)15-25(30)19-10-12-22(28)13-11-19/h4-14,17,32H,15-16H2,1-3H3/t27-/m0/s1. The second-order valence-corrected chi connectivity index (χ2v) is 9.15. The largest absolute Gasteiger partial charge is 0.375 e. The summed E-state index contributed by atoms with van der Waals surface area (Å²) in [5.74, 6) is -0.424. The number of para-hydroxylation sites is 1. The third-order valence-corrected chi connectivity index (χ3v) is 6.44. The van der Waals surface area contributed by atoms with Crippen molar-refractivity contribution in [1.29, 1.82) is 0 Å². The van der Waals surface area contributed by atoms with E-state index < -0.39 is 11.5 Å². The van der Waals surface area contributed by atoms with Gasteiger partial charge in [0.15, 0.2) is 11.4 Å². The van der Waals surface area contributed by atoms with E-state index in [1.54, 1.807) is 41.3 Å². The highest BCUT2D eigenvalue weighted by Gasteiger charge is 2.50. The van der Waals surface area contributed by atoms with Crippen LogP contribution in [0.25, 0.3) is 0 Å². The molecule has 4 nitrogen and oxygen atoms in total. The number of ketones is 1. The van der Waals surface area contributed by atoms with Crippen molar-refractivity contribution < 1.29 is 14.7 Å². The van der Waals surface area contributed by atoms with E-state index in [9.17, 15) is 14.7 Å². The maximum atomic E-state index is 13.5. The first-order valence-corrected chi connectivity index (χ1v) is 11.1. The average Bonchev–Trinajstić information content (AvgIpc) is 2.97. The van der Waals surface area contributed by atoms with E-state index in [0.29, 0.717) is 34.3 Å².